The molecular weight excluding hydrogens is 204 g/mol. The van der Waals surface area contributed by atoms with Crippen molar-refractivity contribution in [3.8, 4) is 0 Å². The summed E-state index contributed by atoms with van der Waals surface area (Å²) in [4.78, 5) is 11.8. The molecule has 0 saturated heterocycles. The Kier molecular flexibility index (Phi) is 3.46. The summed E-state index contributed by atoms with van der Waals surface area (Å²) in [5.41, 5.74) is 6.50. The van der Waals surface area contributed by atoms with E-state index in [1.54, 1.807) is 6.07 Å². The van der Waals surface area contributed by atoms with E-state index in [1.165, 1.54) is 12.4 Å². The van der Waals surface area contributed by atoms with Crippen molar-refractivity contribution in [1.29, 1.82) is 0 Å². The molecule has 0 aromatic carbocycles. The van der Waals surface area contributed by atoms with Gasteiger partial charge in [-0.25, -0.2) is 0 Å². The van der Waals surface area contributed by atoms with Crippen LogP contribution in [-0.2, 0) is 0 Å². The highest BCUT2D eigenvalue weighted by molar-refractivity contribution is 5.93. The van der Waals surface area contributed by atoms with E-state index >= 15 is 0 Å². The van der Waals surface area contributed by atoms with Gasteiger partial charge in [0.15, 0.2) is 0 Å². The number of aromatic nitrogens is 2. The molecule has 3 N–H and O–H groups in total. The second-order valence-corrected chi connectivity index (χ2v) is 4.16. The Hall–Kier alpha value is -1.49. The molecule has 1 aromatic rings. The van der Waals surface area contributed by atoms with Crippen LogP contribution in [-0.4, -0.2) is 28.2 Å². The Bertz CT molecular complexity index is 354. The lowest BCUT2D eigenvalue weighted by Crippen LogP contribution is -2.49. The van der Waals surface area contributed by atoms with E-state index in [-0.39, 0.29) is 18.0 Å². The molecule has 5 heteroatoms. The number of carbonyl (C=O) groups excluding carboxylic acids is 1. The molecule has 0 aliphatic heterocycles. The highest BCUT2D eigenvalue weighted by atomic mass is 16.1. The molecule has 2 unspecified atom stereocenters. The number of nitrogens with two attached hydrogens (primary N) is 1. The minimum absolute atomic E-state index is 0.0764. The van der Waals surface area contributed by atoms with Crippen molar-refractivity contribution in [2.45, 2.75) is 37.8 Å². The van der Waals surface area contributed by atoms with Crippen molar-refractivity contribution in [3.05, 3.63) is 24.0 Å². The fourth-order valence-electron chi connectivity index (χ4n) is 2.02. The van der Waals surface area contributed by atoms with E-state index in [4.69, 9.17) is 5.73 Å². The van der Waals surface area contributed by atoms with Gasteiger partial charge in [0.05, 0.1) is 18.0 Å². The molecule has 16 heavy (non-hydrogen) atoms. The monoisotopic (exact) mass is 220 g/mol. The van der Waals surface area contributed by atoms with Crippen LogP contribution in [0.25, 0.3) is 0 Å². The summed E-state index contributed by atoms with van der Waals surface area (Å²) in [6.45, 7) is 0. The first-order valence-corrected chi connectivity index (χ1v) is 5.60. The minimum Gasteiger partial charge on any atom is -0.348 e. The summed E-state index contributed by atoms with van der Waals surface area (Å²) in [7, 11) is 0. The van der Waals surface area contributed by atoms with Crippen LogP contribution in [0.1, 0.15) is 36.0 Å². The molecule has 0 bridgehead atoms. The van der Waals surface area contributed by atoms with Gasteiger partial charge in [-0.1, -0.05) is 12.8 Å². The van der Waals surface area contributed by atoms with Gasteiger partial charge in [-0.2, -0.15) is 10.2 Å². The Morgan fingerprint density at radius 1 is 1.38 bits per heavy atom. The summed E-state index contributed by atoms with van der Waals surface area (Å²) in [5.74, 6) is -0.114. The average molecular weight is 220 g/mol. The highest BCUT2D eigenvalue weighted by Crippen LogP contribution is 2.17. The van der Waals surface area contributed by atoms with Gasteiger partial charge in [-0.05, 0) is 18.9 Å². The summed E-state index contributed by atoms with van der Waals surface area (Å²) < 4.78 is 0. The number of amides is 1. The predicted octanol–water partition coefficient (Wildman–Crippen LogP) is 0.476. The van der Waals surface area contributed by atoms with Gasteiger partial charge < -0.3 is 11.1 Å². The zero-order valence-electron chi connectivity index (χ0n) is 9.10. The van der Waals surface area contributed by atoms with Crippen LogP contribution in [0.3, 0.4) is 0 Å². The van der Waals surface area contributed by atoms with Crippen molar-refractivity contribution in [1.82, 2.24) is 15.5 Å². The van der Waals surface area contributed by atoms with E-state index in [9.17, 15) is 4.79 Å². The Balaban J connectivity index is 1.96. The van der Waals surface area contributed by atoms with Gasteiger partial charge in [-0.15, -0.1) is 0 Å². The first-order valence-electron chi connectivity index (χ1n) is 5.60. The standard InChI is InChI=1S/C11H16N4O/c12-9-3-1-2-4-10(9)15-11(16)8-5-6-13-14-7-8/h5-7,9-10H,1-4,12H2,(H,15,16). The molecular formula is C11H16N4O. The topological polar surface area (TPSA) is 80.9 Å². The van der Waals surface area contributed by atoms with Crippen molar-refractivity contribution >= 4 is 5.91 Å². The van der Waals surface area contributed by atoms with Crippen LogP contribution >= 0.6 is 0 Å². The van der Waals surface area contributed by atoms with E-state index in [0.717, 1.165) is 25.7 Å². The van der Waals surface area contributed by atoms with Gasteiger partial charge in [0, 0.05) is 12.1 Å². The third kappa shape index (κ3) is 2.55. The second-order valence-electron chi connectivity index (χ2n) is 4.16. The van der Waals surface area contributed by atoms with Crippen molar-refractivity contribution < 1.29 is 4.79 Å². The van der Waals surface area contributed by atoms with E-state index in [1.807, 2.05) is 0 Å². The number of rotatable bonds is 2. The van der Waals surface area contributed by atoms with Gasteiger partial charge >= 0.3 is 0 Å². The Morgan fingerprint density at radius 3 is 2.88 bits per heavy atom. The fraction of sp³-hybridized carbons (Fsp3) is 0.545. The molecule has 2 rings (SSSR count). The maximum atomic E-state index is 11.8. The molecule has 1 saturated carbocycles. The third-order valence-corrected chi connectivity index (χ3v) is 2.98. The molecule has 2 atom stereocenters. The number of nitrogens with one attached hydrogen (secondary N) is 1. The second kappa shape index (κ2) is 5.03. The molecule has 5 nitrogen and oxygen atoms in total. The molecule has 1 heterocycles. The number of carbonyl (C=O) groups is 1. The van der Waals surface area contributed by atoms with Crippen LogP contribution in [0.15, 0.2) is 18.5 Å². The lowest BCUT2D eigenvalue weighted by atomic mass is 9.91. The molecule has 1 amide bonds. The van der Waals surface area contributed by atoms with E-state index in [0.29, 0.717) is 5.56 Å². The zero-order chi connectivity index (χ0) is 11.4. The van der Waals surface area contributed by atoms with Crippen LogP contribution in [0, 0.1) is 0 Å². The normalized spacial score (nSPS) is 25.1. The Morgan fingerprint density at radius 2 is 2.19 bits per heavy atom. The van der Waals surface area contributed by atoms with Crippen molar-refractivity contribution in [3.63, 3.8) is 0 Å². The van der Waals surface area contributed by atoms with Gasteiger partial charge in [0.25, 0.3) is 5.91 Å². The number of nitrogens with zero attached hydrogens (tertiary/aromatic N) is 2. The SMILES string of the molecule is NC1CCCCC1NC(=O)c1ccnnc1. The van der Waals surface area contributed by atoms with Crippen molar-refractivity contribution in [2.24, 2.45) is 5.73 Å². The molecule has 86 valence electrons. The Labute approximate surface area is 94.4 Å². The predicted molar refractivity (Wildman–Crippen MR) is 59.7 cm³/mol. The average Bonchev–Trinajstić information content (AvgIpc) is 2.33. The smallest absolute Gasteiger partial charge is 0.253 e. The van der Waals surface area contributed by atoms with E-state index < -0.39 is 0 Å². The summed E-state index contributed by atoms with van der Waals surface area (Å²) in [6, 6.07) is 1.82. The van der Waals surface area contributed by atoms with Gasteiger partial charge in [0.1, 0.15) is 0 Å². The maximum absolute atomic E-state index is 11.8. The zero-order valence-corrected chi connectivity index (χ0v) is 9.10. The maximum Gasteiger partial charge on any atom is 0.253 e. The molecule has 1 aromatic heterocycles. The van der Waals surface area contributed by atoms with Gasteiger partial charge in [-0.3, -0.25) is 4.79 Å². The summed E-state index contributed by atoms with van der Waals surface area (Å²) in [6.07, 6.45) is 7.21. The first-order chi connectivity index (χ1) is 7.77. The number of hydrogen-bond acceptors (Lipinski definition) is 4. The van der Waals surface area contributed by atoms with Crippen LogP contribution in [0.4, 0.5) is 0 Å². The quantitative estimate of drug-likeness (QED) is 0.759. The molecule has 1 fully saturated rings. The third-order valence-electron chi connectivity index (χ3n) is 2.98. The van der Waals surface area contributed by atoms with Crippen molar-refractivity contribution in [2.75, 3.05) is 0 Å². The lowest BCUT2D eigenvalue weighted by molar-refractivity contribution is 0.0920. The minimum atomic E-state index is -0.114. The molecule has 0 radical (unpaired) electrons. The summed E-state index contributed by atoms with van der Waals surface area (Å²) in [5, 5.41) is 10.3. The first kappa shape index (κ1) is 11.0. The molecule has 1 aliphatic carbocycles. The molecule has 0 spiro atoms. The van der Waals surface area contributed by atoms with Crippen LogP contribution in [0.2, 0.25) is 0 Å². The summed E-state index contributed by atoms with van der Waals surface area (Å²) >= 11 is 0. The largest absolute Gasteiger partial charge is 0.348 e. The van der Waals surface area contributed by atoms with Gasteiger partial charge in [0.2, 0.25) is 0 Å². The van der Waals surface area contributed by atoms with Crippen LogP contribution in [0.5, 0.6) is 0 Å². The lowest BCUT2D eigenvalue weighted by Gasteiger charge is -2.29. The highest BCUT2D eigenvalue weighted by Gasteiger charge is 2.23. The van der Waals surface area contributed by atoms with E-state index in [2.05, 4.69) is 15.5 Å². The molecule has 1 aliphatic rings. The van der Waals surface area contributed by atoms with Crippen LogP contribution < -0.4 is 11.1 Å². The fourth-order valence-corrected chi connectivity index (χ4v) is 2.02. The number of hydrogen-bond donors (Lipinski definition) is 2.